The zero-order chi connectivity index (χ0) is 18.2. The molecule has 0 bridgehead atoms. The van der Waals surface area contributed by atoms with Crippen LogP contribution < -0.4 is 0 Å². The zero-order valence-corrected chi connectivity index (χ0v) is 15.9. The number of hydrogen-bond donors (Lipinski definition) is 1. The van der Waals surface area contributed by atoms with Gasteiger partial charge in [0.2, 0.25) is 0 Å². The van der Waals surface area contributed by atoms with E-state index in [1.54, 1.807) is 6.92 Å². The number of ketones is 2. The lowest BCUT2D eigenvalue weighted by Gasteiger charge is -2.57. The monoisotopic (exact) mass is 342 g/mol. The Bertz CT molecular complexity index is 717. The highest BCUT2D eigenvalue weighted by atomic mass is 16.3. The van der Waals surface area contributed by atoms with Crippen LogP contribution in [0.4, 0.5) is 0 Å². The van der Waals surface area contributed by atoms with Gasteiger partial charge in [-0.3, -0.25) is 9.59 Å². The molecule has 0 radical (unpaired) electrons. The van der Waals surface area contributed by atoms with Crippen LogP contribution in [0.3, 0.4) is 0 Å². The maximum atomic E-state index is 12.3. The average molecular weight is 342 g/mol. The van der Waals surface area contributed by atoms with Gasteiger partial charge in [-0.1, -0.05) is 25.5 Å². The van der Waals surface area contributed by atoms with Gasteiger partial charge in [-0.2, -0.15) is 0 Å². The van der Waals surface area contributed by atoms with E-state index in [4.69, 9.17) is 0 Å². The summed E-state index contributed by atoms with van der Waals surface area (Å²) in [5.74, 6) is 1.46. The van der Waals surface area contributed by atoms with Crippen molar-refractivity contribution >= 4 is 11.6 Å². The van der Waals surface area contributed by atoms with Crippen LogP contribution in [0.25, 0.3) is 0 Å². The predicted octanol–water partition coefficient (Wildman–Crippen LogP) is 4.00. The lowest BCUT2D eigenvalue weighted by molar-refractivity contribution is -0.156. The number of carbonyl (C=O) groups excluding carboxylic acids is 2. The van der Waals surface area contributed by atoms with Gasteiger partial charge in [-0.05, 0) is 80.8 Å². The summed E-state index contributed by atoms with van der Waals surface area (Å²) in [5, 5.41) is 11.2. The molecule has 1 N–H and O–H groups in total. The largest absolute Gasteiger partial charge is 0.382 e. The maximum absolute atomic E-state index is 12.3. The molecule has 0 aromatic heterocycles. The molecule has 0 heterocycles. The van der Waals surface area contributed by atoms with Gasteiger partial charge in [0.05, 0.1) is 0 Å². The summed E-state index contributed by atoms with van der Waals surface area (Å²) in [6.45, 7) is 8.17. The molecule has 3 nitrogen and oxygen atoms in total. The Hall–Kier alpha value is -1.22. The summed E-state index contributed by atoms with van der Waals surface area (Å²) in [4.78, 5) is 24.3. The number of rotatable bonds is 1. The lowest BCUT2D eigenvalue weighted by Crippen LogP contribution is -2.56. The van der Waals surface area contributed by atoms with E-state index in [2.05, 4.69) is 26.8 Å². The van der Waals surface area contributed by atoms with E-state index >= 15 is 0 Å². The highest BCUT2D eigenvalue weighted by molar-refractivity contribution is 5.92. The third-order valence-electron chi connectivity index (χ3n) is 8.56. The van der Waals surface area contributed by atoms with Crippen LogP contribution in [0.1, 0.15) is 66.2 Å². The van der Waals surface area contributed by atoms with Gasteiger partial charge in [-0.15, -0.1) is 0 Å². The first kappa shape index (κ1) is 17.2. The molecule has 0 aromatic rings. The fourth-order valence-electron chi connectivity index (χ4n) is 7.01. The fourth-order valence-corrected chi connectivity index (χ4v) is 7.01. The molecular formula is C22H30O3. The first-order valence-electron chi connectivity index (χ1n) is 9.81. The molecule has 0 unspecified atom stereocenters. The molecule has 25 heavy (non-hydrogen) atoms. The fraction of sp³-hybridized carbons (Fsp3) is 0.727. The van der Waals surface area contributed by atoms with Crippen molar-refractivity contribution in [3.05, 3.63) is 23.3 Å². The Labute approximate surface area is 150 Å². The summed E-state index contributed by atoms with van der Waals surface area (Å²) >= 11 is 0. The van der Waals surface area contributed by atoms with Crippen LogP contribution in [-0.4, -0.2) is 22.3 Å². The van der Waals surface area contributed by atoms with Gasteiger partial charge in [0.1, 0.15) is 5.60 Å². The molecule has 0 spiro atoms. The predicted molar refractivity (Wildman–Crippen MR) is 96.9 cm³/mol. The minimum atomic E-state index is -1.16. The Morgan fingerprint density at radius 2 is 1.84 bits per heavy atom. The molecule has 2 fully saturated rings. The Morgan fingerprint density at radius 3 is 2.52 bits per heavy atom. The van der Waals surface area contributed by atoms with Crippen molar-refractivity contribution in [3.63, 3.8) is 0 Å². The van der Waals surface area contributed by atoms with Crippen LogP contribution in [0.15, 0.2) is 23.3 Å². The lowest BCUT2D eigenvalue weighted by atomic mass is 9.47. The molecule has 4 aliphatic carbocycles. The Morgan fingerprint density at radius 1 is 1.16 bits per heavy atom. The highest BCUT2D eigenvalue weighted by Crippen LogP contribution is 2.67. The van der Waals surface area contributed by atoms with Gasteiger partial charge in [0.25, 0.3) is 0 Å². The average Bonchev–Trinajstić information content (AvgIpc) is 2.83. The SMILES string of the molecule is CC(=O)[C@@]1(O)CC[C@H]2[C@@H]3C=C(C)C4=CC(=O)CC[C@]4(C)[C@H]3CC[C@]21C. The molecule has 3 heteroatoms. The highest BCUT2D eigenvalue weighted by Gasteiger charge is 2.65. The number of aliphatic hydroxyl groups is 1. The van der Waals surface area contributed by atoms with Crippen molar-refractivity contribution in [2.45, 2.75) is 71.8 Å². The molecule has 2 saturated carbocycles. The van der Waals surface area contributed by atoms with Crippen molar-refractivity contribution < 1.29 is 14.7 Å². The van der Waals surface area contributed by atoms with E-state index in [9.17, 15) is 14.7 Å². The number of fused-ring (bicyclic) bond motifs is 5. The maximum Gasteiger partial charge on any atom is 0.161 e. The normalized spacial score (nSPS) is 48.8. The van der Waals surface area contributed by atoms with E-state index in [1.807, 2.05) is 6.08 Å². The second-order valence-electron chi connectivity index (χ2n) is 9.49. The third-order valence-corrected chi connectivity index (χ3v) is 8.56. The minimum absolute atomic E-state index is 0.0651. The summed E-state index contributed by atoms with van der Waals surface area (Å²) < 4.78 is 0. The Kier molecular flexibility index (Phi) is 3.55. The van der Waals surface area contributed by atoms with Gasteiger partial charge < -0.3 is 5.11 Å². The van der Waals surface area contributed by atoms with Crippen molar-refractivity contribution in [1.29, 1.82) is 0 Å². The number of Topliss-reactive ketones (excluding diaryl/α,β-unsaturated/α-hetero) is 1. The molecule has 6 atom stereocenters. The van der Waals surface area contributed by atoms with Crippen molar-refractivity contribution in [2.24, 2.45) is 28.6 Å². The minimum Gasteiger partial charge on any atom is -0.382 e. The Balaban J connectivity index is 1.80. The van der Waals surface area contributed by atoms with Gasteiger partial charge >= 0.3 is 0 Å². The summed E-state index contributed by atoms with van der Waals surface area (Å²) in [5.41, 5.74) is 1.06. The van der Waals surface area contributed by atoms with E-state index in [1.165, 1.54) is 11.1 Å². The van der Waals surface area contributed by atoms with Gasteiger partial charge in [0.15, 0.2) is 11.6 Å². The number of allylic oxidation sites excluding steroid dienone is 4. The second-order valence-corrected chi connectivity index (χ2v) is 9.49. The molecular weight excluding hydrogens is 312 g/mol. The standard InChI is InChI=1S/C22H30O3/c1-13-11-16-17(20(3)8-5-15(24)12-19(13)20)6-9-21(4)18(16)7-10-22(21,25)14(2)23/h11-12,16-18,25H,5-10H2,1-4H3/t16-,17+,18+,20-,21-,22+/m1/s1. The zero-order valence-electron chi connectivity index (χ0n) is 15.9. The summed E-state index contributed by atoms with van der Waals surface area (Å²) in [6.07, 6.45) is 9.28. The van der Waals surface area contributed by atoms with E-state index in [0.29, 0.717) is 30.6 Å². The summed E-state index contributed by atoms with van der Waals surface area (Å²) in [6, 6.07) is 0. The van der Waals surface area contributed by atoms with Crippen LogP contribution in [0.5, 0.6) is 0 Å². The van der Waals surface area contributed by atoms with Crippen molar-refractivity contribution in [3.8, 4) is 0 Å². The van der Waals surface area contributed by atoms with Gasteiger partial charge in [-0.25, -0.2) is 0 Å². The molecule has 0 aromatic carbocycles. The van der Waals surface area contributed by atoms with Crippen molar-refractivity contribution in [2.75, 3.05) is 0 Å². The van der Waals surface area contributed by atoms with Crippen LogP contribution >= 0.6 is 0 Å². The van der Waals surface area contributed by atoms with Crippen LogP contribution in [0, 0.1) is 28.6 Å². The first-order valence-corrected chi connectivity index (χ1v) is 9.81. The molecule has 4 aliphatic rings. The number of carbonyl (C=O) groups is 2. The third kappa shape index (κ3) is 2.02. The molecule has 0 saturated heterocycles. The van der Waals surface area contributed by atoms with E-state index < -0.39 is 5.60 Å². The van der Waals surface area contributed by atoms with Gasteiger partial charge in [0, 0.05) is 11.8 Å². The molecule has 0 amide bonds. The molecule has 136 valence electrons. The first-order chi connectivity index (χ1) is 11.6. The number of hydrogen-bond acceptors (Lipinski definition) is 3. The summed E-state index contributed by atoms with van der Waals surface area (Å²) in [7, 11) is 0. The van der Waals surface area contributed by atoms with Crippen molar-refractivity contribution in [1.82, 2.24) is 0 Å². The quantitative estimate of drug-likeness (QED) is 0.783. The smallest absolute Gasteiger partial charge is 0.161 e. The molecule has 0 aliphatic heterocycles. The van der Waals surface area contributed by atoms with E-state index in [-0.39, 0.29) is 22.4 Å². The molecule has 4 rings (SSSR count). The van der Waals surface area contributed by atoms with Crippen LogP contribution in [0.2, 0.25) is 0 Å². The second kappa shape index (κ2) is 5.16. The van der Waals surface area contributed by atoms with Crippen LogP contribution in [-0.2, 0) is 9.59 Å². The van der Waals surface area contributed by atoms with E-state index in [0.717, 1.165) is 25.7 Å². The topological polar surface area (TPSA) is 54.4 Å².